The average molecular weight is 399 g/mol. The second-order valence-electron chi connectivity index (χ2n) is 5.57. The number of aliphatic hydroxyl groups is 1. The number of carbonyl (C=O) groups excluding carboxylic acids is 1. The van der Waals surface area contributed by atoms with Crippen molar-refractivity contribution in [3.05, 3.63) is 58.8 Å². The third kappa shape index (κ3) is 4.01. The summed E-state index contributed by atoms with van der Waals surface area (Å²) in [4.78, 5) is 15.8. The maximum Gasteiger partial charge on any atom is 0.417 e. The van der Waals surface area contributed by atoms with E-state index in [1.807, 2.05) is 0 Å². The highest BCUT2D eigenvalue weighted by molar-refractivity contribution is 5.97. The van der Waals surface area contributed by atoms with Crippen molar-refractivity contribution >= 4 is 5.78 Å². The van der Waals surface area contributed by atoms with Gasteiger partial charge in [-0.25, -0.2) is 8.78 Å². The number of tetrazole rings is 1. The van der Waals surface area contributed by atoms with E-state index < -0.39 is 47.9 Å². The molecule has 0 aliphatic heterocycles. The molecule has 28 heavy (non-hydrogen) atoms. The van der Waals surface area contributed by atoms with Gasteiger partial charge >= 0.3 is 6.18 Å². The monoisotopic (exact) mass is 399 g/mol. The Hall–Kier alpha value is -3.28. The van der Waals surface area contributed by atoms with Crippen LogP contribution in [-0.2, 0) is 12.7 Å². The minimum absolute atomic E-state index is 0.0101. The second kappa shape index (κ2) is 7.38. The van der Waals surface area contributed by atoms with Gasteiger partial charge in [0, 0.05) is 17.3 Å². The number of halogens is 5. The summed E-state index contributed by atoms with van der Waals surface area (Å²) in [6, 6.07) is 3.37. The minimum atomic E-state index is -4.55. The first-order valence-electron chi connectivity index (χ1n) is 7.62. The molecule has 0 saturated carbocycles. The number of carbonyl (C=O) groups is 1. The molecule has 0 aliphatic rings. The predicted molar refractivity (Wildman–Crippen MR) is 82.9 cm³/mol. The Kier molecular flexibility index (Phi) is 5.14. The van der Waals surface area contributed by atoms with E-state index in [1.165, 1.54) is 0 Å². The largest absolute Gasteiger partial charge is 0.417 e. The Labute approximate surface area is 153 Å². The first-order chi connectivity index (χ1) is 13.2. The zero-order chi connectivity index (χ0) is 20.5. The molecule has 0 atom stereocenters. The molecule has 0 radical (unpaired) electrons. The lowest BCUT2D eigenvalue weighted by Gasteiger charge is -2.06. The summed E-state index contributed by atoms with van der Waals surface area (Å²) >= 11 is 0. The van der Waals surface area contributed by atoms with Gasteiger partial charge in [-0.3, -0.25) is 9.78 Å². The summed E-state index contributed by atoms with van der Waals surface area (Å²) in [7, 11) is 0. The van der Waals surface area contributed by atoms with Crippen LogP contribution in [0.2, 0.25) is 0 Å². The van der Waals surface area contributed by atoms with E-state index in [9.17, 15) is 26.7 Å². The Morgan fingerprint density at radius 3 is 2.36 bits per heavy atom. The van der Waals surface area contributed by atoms with E-state index in [0.29, 0.717) is 6.20 Å². The summed E-state index contributed by atoms with van der Waals surface area (Å²) in [5.74, 6) is -3.09. The second-order valence-corrected chi connectivity index (χ2v) is 5.57. The van der Waals surface area contributed by atoms with E-state index in [-0.39, 0.29) is 17.1 Å². The van der Waals surface area contributed by atoms with Crippen LogP contribution in [0.4, 0.5) is 22.0 Å². The molecule has 0 amide bonds. The summed E-state index contributed by atoms with van der Waals surface area (Å²) in [5.41, 5.74) is -1.75. The number of Topliss-reactive ketones (excluding diaryl/α,β-unsaturated/α-hetero) is 1. The number of hydrogen-bond donors (Lipinski definition) is 1. The van der Waals surface area contributed by atoms with Crippen LogP contribution in [0.3, 0.4) is 0 Å². The van der Waals surface area contributed by atoms with Gasteiger partial charge in [0.2, 0.25) is 5.82 Å². The van der Waals surface area contributed by atoms with Crippen molar-refractivity contribution in [3.8, 4) is 11.5 Å². The maximum atomic E-state index is 14.1. The standard InChI is InChI=1S/C16H10F5N5O2/c17-11-3-8(14(28)7-27)4-12(18)10(11)6-26-24-15(23-25-26)13-2-1-9(5-22-13)16(19,20)21/h1-5,27H,6-7H2. The molecule has 12 heteroatoms. The maximum absolute atomic E-state index is 14.1. The Bertz CT molecular complexity index is 994. The third-order valence-electron chi connectivity index (χ3n) is 3.68. The van der Waals surface area contributed by atoms with Crippen molar-refractivity contribution in [2.24, 2.45) is 0 Å². The molecule has 1 N–H and O–H groups in total. The molecule has 2 aromatic heterocycles. The molecule has 0 unspecified atom stereocenters. The molecule has 146 valence electrons. The fourth-order valence-corrected chi connectivity index (χ4v) is 2.25. The molecular weight excluding hydrogens is 389 g/mol. The SMILES string of the molecule is O=C(CO)c1cc(F)c(Cn2nnc(-c3ccc(C(F)(F)F)cn3)n2)c(F)c1. The van der Waals surface area contributed by atoms with Crippen molar-refractivity contribution < 1.29 is 31.9 Å². The van der Waals surface area contributed by atoms with Gasteiger partial charge in [-0.1, -0.05) is 0 Å². The summed E-state index contributed by atoms with van der Waals surface area (Å²) in [6.07, 6.45) is -3.94. The van der Waals surface area contributed by atoms with E-state index in [4.69, 9.17) is 5.11 Å². The first kappa shape index (κ1) is 19.5. The number of aliphatic hydroxyl groups excluding tert-OH is 1. The number of hydrogen-bond acceptors (Lipinski definition) is 6. The van der Waals surface area contributed by atoms with Crippen LogP contribution >= 0.6 is 0 Å². The van der Waals surface area contributed by atoms with Crippen LogP contribution in [0.25, 0.3) is 11.5 Å². The smallest absolute Gasteiger partial charge is 0.388 e. The van der Waals surface area contributed by atoms with Gasteiger partial charge in [0.25, 0.3) is 0 Å². The first-order valence-corrected chi connectivity index (χ1v) is 7.62. The highest BCUT2D eigenvalue weighted by Crippen LogP contribution is 2.29. The van der Waals surface area contributed by atoms with Crippen LogP contribution in [0, 0.1) is 11.6 Å². The van der Waals surface area contributed by atoms with E-state index in [0.717, 1.165) is 29.1 Å². The van der Waals surface area contributed by atoms with E-state index in [2.05, 4.69) is 20.4 Å². The molecule has 3 aromatic rings. The van der Waals surface area contributed by atoms with Gasteiger partial charge in [-0.05, 0) is 29.5 Å². The van der Waals surface area contributed by atoms with Gasteiger partial charge in [-0.2, -0.15) is 18.0 Å². The van der Waals surface area contributed by atoms with E-state index in [1.54, 1.807) is 0 Å². The Morgan fingerprint density at radius 1 is 1.14 bits per heavy atom. The van der Waals surface area contributed by atoms with Crippen molar-refractivity contribution in [1.29, 1.82) is 0 Å². The molecule has 0 aliphatic carbocycles. The normalized spacial score (nSPS) is 11.6. The lowest BCUT2D eigenvalue weighted by atomic mass is 10.1. The van der Waals surface area contributed by atoms with Gasteiger partial charge in [0.05, 0.1) is 12.1 Å². The van der Waals surface area contributed by atoms with Crippen LogP contribution < -0.4 is 0 Å². The highest BCUT2D eigenvalue weighted by Gasteiger charge is 2.30. The lowest BCUT2D eigenvalue weighted by Crippen LogP contribution is -2.11. The molecule has 1 aromatic carbocycles. The van der Waals surface area contributed by atoms with Crippen LogP contribution in [0.15, 0.2) is 30.5 Å². The average Bonchev–Trinajstić information content (AvgIpc) is 3.12. The van der Waals surface area contributed by atoms with Crippen molar-refractivity contribution in [3.63, 3.8) is 0 Å². The summed E-state index contributed by atoms with van der Waals surface area (Å²) in [5, 5.41) is 19.8. The lowest BCUT2D eigenvalue weighted by molar-refractivity contribution is -0.137. The summed E-state index contributed by atoms with van der Waals surface area (Å²) < 4.78 is 65.8. The fourth-order valence-electron chi connectivity index (χ4n) is 2.25. The number of alkyl halides is 3. The highest BCUT2D eigenvalue weighted by atomic mass is 19.4. The molecular formula is C16H10F5N5O2. The number of benzene rings is 1. The van der Waals surface area contributed by atoms with Crippen LogP contribution in [0.5, 0.6) is 0 Å². The molecule has 0 spiro atoms. The quantitative estimate of drug-likeness (QED) is 0.523. The summed E-state index contributed by atoms with van der Waals surface area (Å²) in [6.45, 7) is -1.38. The minimum Gasteiger partial charge on any atom is -0.388 e. The number of aromatic nitrogens is 5. The molecule has 3 rings (SSSR count). The Balaban J connectivity index is 1.83. The van der Waals surface area contributed by atoms with Gasteiger partial charge in [0.1, 0.15) is 23.9 Å². The van der Waals surface area contributed by atoms with Crippen molar-refractivity contribution in [2.75, 3.05) is 6.61 Å². The molecule has 0 saturated heterocycles. The molecule has 0 bridgehead atoms. The fraction of sp³-hybridized carbons (Fsp3) is 0.188. The molecule has 2 heterocycles. The molecule has 0 fully saturated rings. The predicted octanol–water partition coefficient (Wildman–Crippen LogP) is 2.26. The van der Waals surface area contributed by atoms with Crippen LogP contribution in [0.1, 0.15) is 21.5 Å². The third-order valence-corrected chi connectivity index (χ3v) is 3.68. The van der Waals surface area contributed by atoms with Gasteiger partial charge in [-0.15, -0.1) is 10.2 Å². The van der Waals surface area contributed by atoms with Gasteiger partial charge < -0.3 is 5.11 Å². The zero-order valence-corrected chi connectivity index (χ0v) is 13.8. The van der Waals surface area contributed by atoms with Crippen molar-refractivity contribution in [1.82, 2.24) is 25.2 Å². The topological polar surface area (TPSA) is 93.8 Å². The van der Waals surface area contributed by atoms with Gasteiger partial charge in [0.15, 0.2) is 5.78 Å². The number of nitrogens with zero attached hydrogens (tertiary/aromatic N) is 5. The number of ketones is 1. The molecule has 7 nitrogen and oxygen atoms in total. The van der Waals surface area contributed by atoms with Crippen molar-refractivity contribution in [2.45, 2.75) is 12.7 Å². The Morgan fingerprint density at radius 2 is 1.82 bits per heavy atom. The zero-order valence-electron chi connectivity index (χ0n) is 13.8. The van der Waals surface area contributed by atoms with Crippen LogP contribution in [-0.4, -0.2) is 42.7 Å². The van der Waals surface area contributed by atoms with E-state index >= 15 is 0 Å². The number of rotatable bonds is 5. The number of pyridine rings is 1.